The minimum absolute atomic E-state index is 0.151. The zero-order chi connectivity index (χ0) is 12.7. The van der Waals surface area contributed by atoms with Crippen LogP contribution in [0.1, 0.15) is 42.6 Å². The van der Waals surface area contributed by atoms with Gasteiger partial charge in [0.2, 0.25) is 0 Å². The molecule has 0 spiro atoms. The summed E-state index contributed by atoms with van der Waals surface area (Å²) in [6.07, 6.45) is 2.39. The maximum Gasteiger partial charge on any atom is 0.252 e. The van der Waals surface area contributed by atoms with Crippen LogP contribution >= 0.6 is 0 Å². The van der Waals surface area contributed by atoms with Gasteiger partial charge in [0.1, 0.15) is 6.04 Å². The number of nitriles is 1. The van der Waals surface area contributed by atoms with Crippen LogP contribution in [-0.4, -0.2) is 11.9 Å². The van der Waals surface area contributed by atoms with Crippen molar-refractivity contribution in [1.82, 2.24) is 5.32 Å². The van der Waals surface area contributed by atoms with Crippen LogP contribution in [0.2, 0.25) is 0 Å². The van der Waals surface area contributed by atoms with Crippen LogP contribution in [0.25, 0.3) is 0 Å². The Kier molecular flexibility index (Phi) is 5.22. The Morgan fingerprint density at radius 3 is 2.71 bits per heavy atom. The smallest absolute Gasteiger partial charge is 0.252 e. The van der Waals surface area contributed by atoms with Gasteiger partial charge in [0.15, 0.2) is 0 Å². The minimum atomic E-state index is -0.391. The van der Waals surface area contributed by atoms with Gasteiger partial charge in [-0.25, -0.2) is 0 Å². The molecule has 0 fully saturated rings. The van der Waals surface area contributed by atoms with E-state index >= 15 is 0 Å². The summed E-state index contributed by atoms with van der Waals surface area (Å²) >= 11 is 0. The van der Waals surface area contributed by atoms with Gasteiger partial charge >= 0.3 is 0 Å². The van der Waals surface area contributed by atoms with E-state index in [1.807, 2.05) is 32.0 Å². The van der Waals surface area contributed by atoms with Gasteiger partial charge in [0.05, 0.1) is 6.07 Å². The summed E-state index contributed by atoms with van der Waals surface area (Å²) in [5, 5.41) is 11.7. The average molecular weight is 230 g/mol. The minimum Gasteiger partial charge on any atom is -0.336 e. The Hall–Kier alpha value is -1.82. The number of aryl methyl sites for hydroxylation is 1. The third kappa shape index (κ3) is 3.60. The second kappa shape index (κ2) is 6.70. The Morgan fingerprint density at radius 1 is 1.41 bits per heavy atom. The molecule has 0 saturated heterocycles. The number of nitrogens with one attached hydrogen (secondary N) is 1. The molecule has 1 atom stereocenters. The van der Waals surface area contributed by atoms with E-state index in [1.54, 1.807) is 6.07 Å². The van der Waals surface area contributed by atoms with Crippen molar-refractivity contribution in [2.24, 2.45) is 0 Å². The summed E-state index contributed by atoms with van der Waals surface area (Å²) < 4.78 is 0. The Balaban J connectivity index is 2.79. The number of amides is 1. The number of benzene rings is 1. The number of nitrogens with zero attached hydrogens (tertiary/aromatic N) is 1. The zero-order valence-corrected chi connectivity index (χ0v) is 10.4. The van der Waals surface area contributed by atoms with Crippen molar-refractivity contribution in [3.63, 3.8) is 0 Å². The van der Waals surface area contributed by atoms with Crippen LogP contribution in [-0.2, 0) is 6.42 Å². The second-order valence-corrected chi connectivity index (χ2v) is 3.95. The second-order valence-electron chi connectivity index (χ2n) is 3.95. The SMILES string of the molecule is CCCC(C#N)NC(=O)c1ccccc1CC. The largest absolute Gasteiger partial charge is 0.336 e. The number of carbonyl (C=O) groups is 1. The first kappa shape index (κ1) is 13.2. The standard InChI is InChI=1S/C14H18N2O/c1-3-7-12(10-15)16-14(17)13-9-6-5-8-11(13)4-2/h5-6,8-9,12H,3-4,7H2,1-2H3,(H,16,17). The Bertz CT molecular complexity index is 420. The van der Waals surface area contributed by atoms with Gasteiger partial charge in [0, 0.05) is 5.56 Å². The Morgan fingerprint density at radius 2 is 2.12 bits per heavy atom. The normalized spacial score (nSPS) is 11.6. The molecule has 1 aromatic carbocycles. The van der Waals surface area contributed by atoms with E-state index in [-0.39, 0.29) is 5.91 Å². The van der Waals surface area contributed by atoms with Gasteiger partial charge in [-0.15, -0.1) is 0 Å². The number of carbonyl (C=O) groups excluding carboxylic acids is 1. The summed E-state index contributed by atoms with van der Waals surface area (Å²) in [5.74, 6) is -0.151. The van der Waals surface area contributed by atoms with Gasteiger partial charge in [-0.1, -0.05) is 38.5 Å². The topological polar surface area (TPSA) is 52.9 Å². The first-order valence-corrected chi connectivity index (χ1v) is 6.01. The molecule has 0 saturated carbocycles. The molecular formula is C14H18N2O. The van der Waals surface area contributed by atoms with Gasteiger partial charge in [-0.2, -0.15) is 5.26 Å². The number of hydrogen-bond acceptors (Lipinski definition) is 2. The Labute approximate surface area is 102 Å². The van der Waals surface area contributed by atoms with Crippen molar-refractivity contribution in [3.8, 4) is 6.07 Å². The van der Waals surface area contributed by atoms with Gasteiger partial charge in [-0.3, -0.25) is 4.79 Å². The van der Waals surface area contributed by atoms with Crippen molar-refractivity contribution in [3.05, 3.63) is 35.4 Å². The summed E-state index contributed by atoms with van der Waals surface area (Å²) in [6, 6.07) is 9.22. The van der Waals surface area contributed by atoms with E-state index in [4.69, 9.17) is 5.26 Å². The predicted molar refractivity (Wildman–Crippen MR) is 67.6 cm³/mol. The maximum atomic E-state index is 12.0. The van der Waals surface area contributed by atoms with Crippen molar-refractivity contribution >= 4 is 5.91 Å². The lowest BCUT2D eigenvalue weighted by Gasteiger charge is -2.12. The van der Waals surface area contributed by atoms with Crippen molar-refractivity contribution < 1.29 is 4.79 Å². The molecular weight excluding hydrogens is 212 g/mol. The van der Waals surface area contributed by atoms with Crippen LogP contribution < -0.4 is 5.32 Å². The molecule has 90 valence electrons. The van der Waals surface area contributed by atoms with Crippen molar-refractivity contribution in [2.75, 3.05) is 0 Å². The van der Waals surface area contributed by atoms with E-state index in [0.29, 0.717) is 12.0 Å². The van der Waals surface area contributed by atoms with E-state index in [9.17, 15) is 4.79 Å². The molecule has 1 unspecified atom stereocenters. The average Bonchev–Trinajstić information content (AvgIpc) is 2.38. The highest BCUT2D eigenvalue weighted by molar-refractivity contribution is 5.96. The fourth-order valence-corrected chi connectivity index (χ4v) is 1.74. The lowest BCUT2D eigenvalue weighted by Crippen LogP contribution is -2.34. The van der Waals surface area contributed by atoms with E-state index in [2.05, 4.69) is 11.4 Å². The van der Waals surface area contributed by atoms with Crippen LogP contribution in [0, 0.1) is 11.3 Å². The molecule has 0 aliphatic rings. The first-order chi connectivity index (χ1) is 8.22. The number of hydrogen-bond donors (Lipinski definition) is 1. The van der Waals surface area contributed by atoms with Crippen LogP contribution in [0.4, 0.5) is 0 Å². The molecule has 3 heteroatoms. The first-order valence-electron chi connectivity index (χ1n) is 6.01. The molecule has 0 aliphatic heterocycles. The zero-order valence-electron chi connectivity index (χ0n) is 10.4. The number of rotatable bonds is 5. The molecule has 0 bridgehead atoms. The van der Waals surface area contributed by atoms with Crippen molar-refractivity contribution in [2.45, 2.75) is 39.2 Å². The summed E-state index contributed by atoms with van der Waals surface area (Å²) in [6.45, 7) is 4.01. The highest BCUT2D eigenvalue weighted by Gasteiger charge is 2.14. The molecule has 0 aliphatic carbocycles. The molecule has 1 aromatic rings. The summed E-state index contributed by atoms with van der Waals surface area (Å²) in [4.78, 5) is 12.0. The third-order valence-electron chi connectivity index (χ3n) is 2.68. The molecule has 1 rings (SSSR count). The monoisotopic (exact) mass is 230 g/mol. The maximum absolute atomic E-state index is 12.0. The van der Waals surface area contributed by atoms with Crippen LogP contribution in [0.5, 0.6) is 0 Å². The lowest BCUT2D eigenvalue weighted by atomic mass is 10.0. The van der Waals surface area contributed by atoms with E-state index in [0.717, 1.165) is 18.4 Å². The lowest BCUT2D eigenvalue weighted by molar-refractivity contribution is 0.0943. The van der Waals surface area contributed by atoms with Gasteiger partial charge in [-0.05, 0) is 24.5 Å². The van der Waals surface area contributed by atoms with Crippen molar-refractivity contribution in [1.29, 1.82) is 5.26 Å². The van der Waals surface area contributed by atoms with Gasteiger partial charge in [0.25, 0.3) is 5.91 Å². The molecule has 1 amide bonds. The highest BCUT2D eigenvalue weighted by Crippen LogP contribution is 2.10. The summed E-state index contributed by atoms with van der Waals surface area (Å²) in [7, 11) is 0. The van der Waals surface area contributed by atoms with E-state index in [1.165, 1.54) is 0 Å². The quantitative estimate of drug-likeness (QED) is 0.845. The fraction of sp³-hybridized carbons (Fsp3) is 0.429. The molecule has 0 aromatic heterocycles. The molecule has 17 heavy (non-hydrogen) atoms. The highest BCUT2D eigenvalue weighted by atomic mass is 16.1. The molecule has 1 N–H and O–H groups in total. The van der Waals surface area contributed by atoms with Gasteiger partial charge < -0.3 is 5.32 Å². The molecule has 0 heterocycles. The fourth-order valence-electron chi connectivity index (χ4n) is 1.74. The molecule has 3 nitrogen and oxygen atoms in total. The molecule has 0 radical (unpaired) electrons. The third-order valence-corrected chi connectivity index (χ3v) is 2.68. The van der Waals surface area contributed by atoms with Crippen LogP contribution in [0.3, 0.4) is 0 Å². The predicted octanol–water partition coefficient (Wildman–Crippen LogP) is 2.67. The van der Waals surface area contributed by atoms with Crippen LogP contribution in [0.15, 0.2) is 24.3 Å². The van der Waals surface area contributed by atoms with E-state index < -0.39 is 6.04 Å². The summed E-state index contributed by atoms with van der Waals surface area (Å²) in [5.41, 5.74) is 1.68.